The Hall–Kier alpha value is -3.40. The Morgan fingerprint density at radius 3 is 2.63 bits per heavy atom. The summed E-state index contributed by atoms with van der Waals surface area (Å²) in [6.07, 6.45) is 53.2. The molecule has 1 spiro atoms. The van der Waals surface area contributed by atoms with Crippen LogP contribution in [0.1, 0.15) is 75.5 Å². The van der Waals surface area contributed by atoms with Crippen molar-refractivity contribution in [3.8, 4) is 0 Å². The molecule has 1 saturated heterocycles. The number of hydrogen-bond acceptors (Lipinski definition) is 2. The first kappa shape index (κ1) is 32.1. The van der Waals surface area contributed by atoms with Crippen LogP contribution in [0.2, 0.25) is 0 Å². The summed E-state index contributed by atoms with van der Waals surface area (Å²) in [5.74, 6) is 2.88. The second kappa shape index (κ2) is 12.9. The van der Waals surface area contributed by atoms with Gasteiger partial charge in [-0.3, -0.25) is 0 Å². The van der Waals surface area contributed by atoms with Gasteiger partial charge in [0.25, 0.3) is 0 Å². The molecule has 0 bridgehead atoms. The summed E-state index contributed by atoms with van der Waals surface area (Å²) in [4.78, 5) is 3.42. The Morgan fingerprint density at radius 2 is 1.71 bits per heavy atom. The van der Waals surface area contributed by atoms with Gasteiger partial charge in [0.1, 0.15) is 0 Å². The number of fused-ring (bicyclic) bond motifs is 10. The van der Waals surface area contributed by atoms with Gasteiger partial charge in [0, 0.05) is 56.0 Å². The van der Waals surface area contributed by atoms with E-state index >= 15 is 0 Å². The Bertz CT molecular complexity index is 2180. The number of rotatable bonds is 3. The zero-order valence-corrected chi connectivity index (χ0v) is 31.8. The molecule has 8 unspecified atom stereocenters. The van der Waals surface area contributed by atoms with Crippen LogP contribution in [0.3, 0.4) is 0 Å². The van der Waals surface area contributed by atoms with Crippen LogP contribution in [-0.2, 0) is 6.42 Å². The van der Waals surface area contributed by atoms with Crippen molar-refractivity contribution < 1.29 is 0 Å². The summed E-state index contributed by atoms with van der Waals surface area (Å²) < 4.78 is 2.64. The van der Waals surface area contributed by atoms with Crippen molar-refractivity contribution in [2.75, 3.05) is 0 Å². The second-order valence-electron chi connectivity index (χ2n) is 16.6. The van der Waals surface area contributed by atoms with E-state index < -0.39 is 0 Å². The van der Waals surface area contributed by atoms with Crippen molar-refractivity contribution in [1.29, 1.82) is 0 Å². The summed E-state index contributed by atoms with van der Waals surface area (Å²) in [5.41, 5.74) is 11.2. The minimum Gasteiger partial charge on any atom is -0.317 e. The highest BCUT2D eigenvalue weighted by Gasteiger charge is 2.63. The minimum absolute atomic E-state index is 0.136. The summed E-state index contributed by atoms with van der Waals surface area (Å²) >= 11 is 4.50. The van der Waals surface area contributed by atoms with Crippen LogP contribution in [0.4, 0.5) is 0 Å². The first-order chi connectivity index (χ1) is 25.8. The van der Waals surface area contributed by atoms with Crippen LogP contribution in [0.25, 0.3) is 22.7 Å². The summed E-state index contributed by atoms with van der Waals surface area (Å²) in [6.45, 7) is 0. The number of allylic oxidation sites excluding steroid dienone is 19. The van der Waals surface area contributed by atoms with Crippen LogP contribution >= 0.6 is 23.5 Å². The predicted octanol–water partition coefficient (Wildman–Crippen LogP) is 13.1. The lowest BCUT2D eigenvalue weighted by molar-refractivity contribution is 0.0726. The van der Waals surface area contributed by atoms with E-state index in [1.54, 1.807) is 21.0 Å². The van der Waals surface area contributed by atoms with Crippen molar-refractivity contribution in [1.82, 2.24) is 4.57 Å². The smallest absolute Gasteiger partial charge is 0.0534 e. The topological polar surface area (TPSA) is 4.93 Å². The van der Waals surface area contributed by atoms with Gasteiger partial charge in [-0.1, -0.05) is 115 Å². The maximum absolute atomic E-state index is 2.83. The Morgan fingerprint density at radius 1 is 0.769 bits per heavy atom. The van der Waals surface area contributed by atoms with Gasteiger partial charge >= 0.3 is 0 Å². The van der Waals surface area contributed by atoms with Crippen LogP contribution in [-0.4, -0.2) is 15.1 Å². The van der Waals surface area contributed by atoms with Gasteiger partial charge in [-0.2, -0.15) is 0 Å². The van der Waals surface area contributed by atoms with Crippen molar-refractivity contribution in [3.05, 3.63) is 153 Å². The van der Waals surface area contributed by atoms with Gasteiger partial charge in [-0.25, -0.2) is 0 Å². The molecular formula is C49H49NS2. The lowest BCUT2D eigenvalue weighted by atomic mass is 9.48. The fourth-order valence-electron chi connectivity index (χ4n) is 12.1. The average Bonchev–Trinajstić information content (AvgIpc) is 3.54. The molecule has 0 N–H and O–H groups in total. The second-order valence-corrected chi connectivity index (χ2v) is 19.1. The number of nitrogens with zero attached hydrogens (tertiary/aromatic N) is 1. The first-order valence-corrected chi connectivity index (χ1v) is 22.1. The standard InChI is InChI=1S/C49H49NS2/c1-3-14-32(15-4-1)36-19-13-25-46-48(36)49(39-20-8-11-23-44(39)51-46)40-21-9-12-24-45(40)52-47-31-34(27-29-41(47)49)33-26-28-38-37-18-7-10-22-42(37)50(43(38)30-33)35-16-5-2-6-17-35/h1-3,5,7-12,16,18-20,22-24,26,28,31-33,39-41,44,47H,4,6,13-15,17,21,25,27,29-30H2. The molecular weight excluding hydrogens is 667 g/mol. The molecule has 1 fully saturated rings. The van der Waals surface area contributed by atoms with Gasteiger partial charge < -0.3 is 4.57 Å². The molecule has 11 rings (SSSR count). The zero-order valence-electron chi connectivity index (χ0n) is 30.1. The first-order valence-electron chi connectivity index (χ1n) is 20.3. The molecule has 262 valence electrons. The van der Waals surface area contributed by atoms with E-state index in [-0.39, 0.29) is 5.41 Å². The number of para-hydroxylation sites is 1. The molecule has 1 nitrogen and oxygen atoms in total. The van der Waals surface area contributed by atoms with E-state index in [1.807, 2.05) is 5.57 Å². The number of hydrogen-bond donors (Lipinski definition) is 0. The summed E-state index contributed by atoms with van der Waals surface area (Å²) in [7, 11) is 0. The van der Waals surface area contributed by atoms with Crippen LogP contribution < -0.4 is 0 Å². The molecule has 0 radical (unpaired) electrons. The third kappa shape index (κ3) is 4.83. The quantitative estimate of drug-likeness (QED) is 0.292. The highest BCUT2D eigenvalue weighted by Crippen LogP contribution is 2.72. The van der Waals surface area contributed by atoms with Crippen molar-refractivity contribution in [2.45, 2.75) is 81.1 Å². The molecule has 0 amide bonds. The van der Waals surface area contributed by atoms with Crippen molar-refractivity contribution in [3.63, 3.8) is 0 Å². The predicted molar refractivity (Wildman–Crippen MR) is 225 cm³/mol. The molecule has 1 aromatic carbocycles. The number of benzene rings is 1. The van der Waals surface area contributed by atoms with Crippen LogP contribution in [0.5, 0.6) is 0 Å². The molecule has 8 atom stereocenters. The van der Waals surface area contributed by atoms with E-state index in [1.165, 1.54) is 79.2 Å². The Kier molecular flexibility index (Phi) is 7.94. The van der Waals surface area contributed by atoms with Gasteiger partial charge in [-0.15, -0.1) is 23.5 Å². The largest absolute Gasteiger partial charge is 0.317 e. The summed E-state index contributed by atoms with van der Waals surface area (Å²) in [6, 6.07) is 9.11. The zero-order chi connectivity index (χ0) is 34.2. The van der Waals surface area contributed by atoms with Gasteiger partial charge in [0.05, 0.1) is 5.52 Å². The molecule has 9 aliphatic rings. The van der Waals surface area contributed by atoms with Crippen molar-refractivity contribution >= 4 is 46.2 Å². The minimum atomic E-state index is 0.136. The molecule has 1 aromatic heterocycles. The average molecular weight is 716 g/mol. The number of aromatic nitrogens is 1. The molecule has 3 heteroatoms. The third-order valence-corrected chi connectivity index (χ3v) is 17.0. The van der Waals surface area contributed by atoms with Gasteiger partial charge in [0.15, 0.2) is 0 Å². The third-order valence-electron chi connectivity index (χ3n) is 14.1. The fourth-order valence-corrected chi connectivity index (χ4v) is 15.4. The Labute approximate surface area is 318 Å². The fraction of sp³-hybridized carbons (Fsp3) is 0.388. The highest BCUT2D eigenvalue weighted by molar-refractivity contribution is 8.04. The van der Waals surface area contributed by atoms with E-state index in [4.69, 9.17) is 0 Å². The lowest BCUT2D eigenvalue weighted by Crippen LogP contribution is -2.57. The van der Waals surface area contributed by atoms with Crippen LogP contribution in [0, 0.1) is 35.0 Å². The van der Waals surface area contributed by atoms with E-state index in [0.717, 1.165) is 19.3 Å². The summed E-state index contributed by atoms with van der Waals surface area (Å²) in [5, 5.41) is 2.46. The molecule has 2 aromatic rings. The molecule has 3 heterocycles. The van der Waals surface area contributed by atoms with E-state index in [2.05, 4.69) is 150 Å². The molecule has 52 heavy (non-hydrogen) atoms. The molecule has 0 saturated carbocycles. The molecule has 7 aliphatic carbocycles. The monoisotopic (exact) mass is 715 g/mol. The van der Waals surface area contributed by atoms with E-state index in [9.17, 15) is 0 Å². The van der Waals surface area contributed by atoms with Crippen LogP contribution in [0.15, 0.2) is 142 Å². The van der Waals surface area contributed by atoms with Gasteiger partial charge in [-0.05, 0) is 116 Å². The van der Waals surface area contributed by atoms with Crippen molar-refractivity contribution in [2.24, 2.45) is 35.0 Å². The number of thioether (sulfide) groups is 2. The van der Waals surface area contributed by atoms with E-state index in [0.29, 0.717) is 40.1 Å². The molecule has 2 aliphatic heterocycles. The maximum atomic E-state index is 2.83. The normalized spacial score (nSPS) is 35.7. The van der Waals surface area contributed by atoms with Gasteiger partial charge in [0.2, 0.25) is 0 Å². The highest BCUT2D eigenvalue weighted by atomic mass is 32.2. The SMILES string of the molecule is C1=CCCC(n2c3c(c4ccccc42)C=CC(C2=CC4SC5=CC=CCC5C5(C6=C(CCC=C6C6CC=CCC6)SC6C=CC=CC65)C4CC2)C3)=C1. The lowest BCUT2D eigenvalue weighted by Gasteiger charge is -2.63. The maximum Gasteiger partial charge on any atom is 0.0534 e. The Balaban J connectivity index is 1.03.